The quantitative estimate of drug-likeness (QED) is 0.490. The lowest BCUT2D eigenvalue weighted by atomic mass is 10.1. The van der Waals surface area contributed by atoms with Crippen LogP contribution in [-0.2, 0) is 20.7 Å². The first-order chi connectivity index (χ1) is 16.0. The maximum Gasteiger partial charge on any atom is 0.306 e. The normalized spacial score (nSPS) is 13.8. The third-order valence-corrected chi connectivity index (χ3v) is 5.71. The van der Waals surface area contributed by atoms with Gasteiger partial charge in [0.1, 0.15) is 0 Å². The number of carbonyl (C=O) groups is 2. The number of aryl methyl sites for hydroxylation is 2. The number of hydrogen-bond donors (Lipinski definition) is 0. The van der Waals surface area contributed by atoms with E-state index < -0.39 is 5.97 Å². The molecule has 0 aliphatic carbocycles. The molecule has 172 valence electrons. The van der Waals surface area contributed by atoms with Crippen LogP contribution in [0.2, 0.25) is 5.02 Å². The Labute approximate surface area is 197 Å². The lowest BCUT2D eigenvalue weighted by molar-refractivity contribution is -0.152. The van der Waals surface area contributed by atoms with Gasteiger partial charge in [0.25, 0.3) is 5.91 Å². The van der Waals surface area contributed by atoms with Gasteiger partial charge in [0.05, 0.1) is 6.42 Å². The highest BCUT2D eigenvalue weighted by Crippen LogP contribution is 2.21. The van der Waals surface area contributed by atoms with Gasteiger partial charge in [-0.3, -0.25) is 9.59 Å². The second-order valence-corrected chi connectivity index (χ2v) is 8.31. The highest BCUT2D eigenvalue weighted by atomic mass is 35.5. The molecule has 0 saturated carbocycles. The van der Waals surface area contributed by atoms with Gasteiger partial charge in [0.15, 0.2) is 6.61 Å². The van der Waals surface area contributed by atoms with Crippen molar-refractivity contribution >= 4 is 29.2 Å². The number of aromatic nitrogens is 2. The Morgan fingerprint density at radius 2 is 1.82 bits per heavy atom. The summed E-state index contributed by atoms with van der Waals surface area (Å²) >= 11 is 6.06. The number of carbonyl (C=O) groups excluding carboxylic acids is 2. The van der Waals surface area contributed by atoms with E-state index in [2.05, 4.69) is 15.1 Å². The number of amides is 1. The minimum atomic E-state index is -0.476. The van der Waals surface area contributed by atoms with Gasteiger partial charge in [-0.05, 0) is 37.3 Å². The van der Waals surface area contributed by atoms with Crippen LogP contribution >= 0.6 is 11.6 Å². The molecule has 1 aromatic heterocycles. The summed E-state index contributed by atoms with van der Waals surface area (Å²) in [7, 11) is 0. The second-order valence-electron chi connectivity index (χ2n) is 7.88. The largest absolute Gasteiger partial charge is 0.456 e. The average molecular weight is 469 g/mol. The van der Waals surface area contributed by atoms with E-state index in [4.69, 9.17) is 20.8 Å². The molecule has 1 aliphatic heterocycles. The Hall–Kier alpha value is -3.39. The van der Waals surface area contributed by atoms with Crippen LogP contribution in [0.25, 0.3) is 11.5 Å². The highest BCUT2D eigenvalue weighted by molar-refractivity contribution is 6.30. The van der Waals surface area contributed by atoms with E-state index in [9.17, 15) is 9.59 Å². The summed E-state index contributed by atoms with van der Waals surface area (Å²) in [6.45, 7) is 4.25. The fraction of sp³-hybridized carbons (Fsp3) is 0.333. The first-order valence-corrected chi connectivity index (χ1v) is 11.2. The lowest BCUT2D eigenvalue weighted by Gasteiger charge is -2.36. The number of halogens is 1. The zero-order chi connectivity index (χ0) is 23.2. The highest BCUT2D eigenvalue weighted by Gasteiger charge is 2.22. The standard InChI is InChI=1S/C24H25ClN4O4/c1-17-5-7-18(8-6-17)24-27-26-21(33-24)9-10-23(31)32-16-22(30)29-13-11-28(12-14-29)20-4-2-3-19(25)15-20/h2-8,15H,9-14,16H2,1H3. The van der Waals surface area contributed by atoms with Gasteiger partial charge in [0, 0.05) is 48.9 Å². The molecule has 4 rings (SSSR count). The molecule has 0 spiro atoms. The first kappa shape index (κ1) is 22.8. The van der Waals surface area contributed by atoms with Crippen molar-refractivity contribution in [1.29, 1.82) is 0 Å². The zero-order valence-electron chi connectivity index (χ0n) is 18.4. The number of rotatable bonds is 7. The summed E-state index contributed by atoms with van der Waals surface area (Å²) in [6, 6.07) is 15.4. The fourth-order valence-electron chi connectivity index (χ4n) is 3.57. The van der Waals surface area contributed by atoms with Crippen molar-refractivity contribution < 1.29 is 18.7 Å². The van der Waals surface area contributed by atoms with Crippen LogP contribution in [0.4, 0.5) is 5.69 Å². The van der Waals surface area contributed by atoms with Gasteiger partial charge >= 0.3 is 5.97 Å². The summed E-state index contributed by atoms with van der Waals surface area (Å²) in [6.07, 6.45) is 0.315. The summed E-state index contributed by atoms with van der Waals surface area (Å²) in [5, 5.41) is 8.69. The van der Waals surface area contributed by atoms with Gasteiger partial charge in [-0.15, -0.1) is 10.2 Å². The predicted molar refractivity (Wildman–Crippen MR) is 124 cm³/mol. The van der Waals surface area contributed by atoms with Crippen LogP contribution in [0.5, 0.6) is 0 Å². The van der Waals surface area contributed by atoms with Crippen LogP contribution in [0.3, 0.4) is 0 Å². The van der Waals surface area contributed by atoms with Crippen LogP contribution in [-0.4, -0.2) is 59.8 Å². The lowest BCUT2D eigenvalue weighted by Crippen LogP contribution is -2.49. The van der Waals surface area contributed by atoms with Crippen molar-refractivity contribution in [2.75, 3.05) is 37.7 Å². The maximum atomic E-state index is 12.4. The predicted octanol–water partition coefficient (Wildman–Crippen LogP) is 3.52. The molecule has 0 atom stereocenters. The van der Waals surface area contributed by atoms with E-state index in [1.54, 1.807) is 4.90 Å². The minimum absolute atomic E-state index is 0.0609. The number of esters is 1. The van der Waals surface area contributed by atoms with Crippen molar-refractivity contribution in [2.24, 2.45) is 0 Å². The SMILES string of the molecule is Cc1ccc(-c2nnc(CCC(=O)OCC(=O)N3CCN(c4cccc(Cl)c4)CC3)o2)cc1. The van der Waals surface area contributed by atoms with Gasteiger partial charge < -0.3 is 19.0 Å². The molecule has 2 heterocycles. The first-order valence-electron chi connectivity index (χ1n) is 10.8. The smallest absolute Gasteiger partial charge is 0.306 e. The topological polar surface area (TPSA) is 88.8 Å². The van der Waals surface area contributed by atoms with E-state index in [0.29, 0.717) is 43.0 Å². The third-order valence-electron chi connectivity index (χ3n) is 5.47. The third kappa shape index (κ3) is 6.10. The molecule has 8 nitrogen and oxygen atoms in total. The number of ether oxygens (including phenoxy) is 1. The van der Waals surface area contributed by atoms with Crippen molar-refractivity contribution in [3.8, 4) is 11.5 Å². The van der Waals surface area contributed by atoms with E-state index in [-0.39, 0.29) is 25.4 Å². The molecule has 9 heteroatoms. The maximum absolute atomic E-state index is 12.4. The Morgan fingerprint density at radius 1 is 1.06 bits per heavy atom. The second kappa shape index (κ2) is 10.5. The van der Waals surface area contributed by atoms with Crippen LogP contribution in [0.1, 0.15) is 17.9 Å². The molecule has 0 unspecified atom stereocenters. The number of piperazine rings is 1. The molecule has 2 aromatic carbocycles. The van der Waals surface area contributed by atoms with Crippen LogP contribution in [0.15, 0.2) is 52.9 Å². The zero-order valence-corrected chi connectivity index (χ0v) is 19.1. The summed E-state index contributed by atoms with van der Waals surface area (Å²) in [5.41, 5.74) is 2.99. The van der Waals surface area contributed by atoms with Gasteiger partial charge in [-0.2, -0.15) is 0 Å². The Balaban J connectivity index is 1.18. The molecule has 0 bridgehead atoms. The number of hydrogen-bond acceptors (Lipinski definition) is 7. The van der Waals surface area contributed by atoms with E-state index >= 15 is 0 Å². The van der Waals surface area contributed by atoms with Gasteiger partial charge in [-0.1, -0.05) is 35.4 Å². The Morgan fingerprint density at radius 3 is 2.55 bits per heavy atom. The molecule has 1 fully saturated rings. The molecular formula is C24H25ClN4O4. The molecule has 1 aliphatic rings. The minimum Gasteiger partial charge on any atom is -0.456 e. The molecule has 0 radical (unpaired) electrons. The fourth-order valence-corrected chi connectivity index (χ4v) is 3.75. The van der Waals surface area contributed by atoms with E-state index in [1.165, 1.54) is 0 Å². The van der Waals surface area contributed by atoms with Gasteiger partial charge in [-0.25, -0.2) is 0 Å². The monoisotopic (exact) mass is 468 g/mol. The van der Waals surface area contributed by atoms with Crippen LogP contribution < -0.4 is 4.90 Å². The van der Waals surface area contributed by atoms with Crippen LogP contribution in [0, 0.1) is 6.92 Å². The molecule has 1 saturated heterocycles. The number of anilines is 1. The number of benzene rings is 2. The van der Waals surface area contributed by atoms with Gasteiger partial charge in [0.2, 0.25) is 11.8 Å². The molecule has 3 aromatic rings. The number of nitrogens with zero attached hydrogens (tertiary/aromatic N) is 4. The summed E-state index contributed by atoms with van der Waals surface area (Å²) in [5.74, 6) is 0.0843. The van der Waals surface area contributed by atoms with Crippen molar-refractivity contribution in [3.05, 3.63) is 65.0 Å². The van der Waals surface area contributed by atoms with E-state index in [0.717, 1.165) is 16.8 Å². The van der Waals surface area contributed by atoms with E-state index in [1.807, 2.05) is 55.5 Å². The molecule has 0 N–H and O–H groups in total. The molecular weight excluding hydrogens is 444 g/mol. The van der Waals surface area contributed by atoms with Crippen molar-refractivity contribution in [3.63, 3.8) is 0 Å². The molecule has 1 amide bonds. The Bertz CT molecular complexity index is 1110. The van der Waals surface area contributed by atoms with Crippen molar-refractivity contribution in [2.45, 2.75) is 19.8 Å². The Kier molecular flexibility index (Phi) is 7.24. The molecule has 33 heavy (non-hydrogen) atoms. The average Bonchev–Trinajstić information content (AvgIpc) is 3.31. The van der Waals surface area contributed by atoms with Crippen molar-refractivity contribution in [1.82, 2.24) is 15.1 Å². The summed E-state index contributed by atoms with van der Waals surface area (Å²) in [4.78, 5) is 28.4. The summed E-state index contributed by atoms with van der Waals surface area (Å²) < 4.78 is 10.8.